The van der Waals surface area contributed by atoms with Gasteiger partial charge in [-0.1, -0.05) is 0 Å². The molecule has 1 heterocycles. The maximum atomic E-state index is 8.62. The molecule has 0 saturated carbocycles. The van der Waals surface area contributed by atoms with Crippen LogP contribution in [0, 0.1) is 29.0 Å². The van der Waals surface area contributed by atoms with Gasteiger partial charge in [-0.2, -0.15) is 10.5 Å². The van der Waals surface area contributed by atoms with Gasteiger partial charge in [0.05, 0.1) is 6.20 Å². The molecule has 1 aliphatic rings. The highest BCUT2D eigenvalue weighted by Gasteiger charge is 2.24. The van der Waals surface area contributed by atoms with Gasteiger partial charge >= 0.3 is 0 Å². The molecule has 4 nitrogen and oxygen atoms in total. The van der Waals surface area contributed by atoms with Crippen molar-refractivity contribution in [2.75, 3.05) is 6.54 Å². The molecule has 0 aliphatic carbocycles. The fraction of sp³-hybridized carbons (Fsp3) is 0.429. The smallest absolute Gasteiger partial charge is 0.204 e. The largest absolute Gasteiger partial charge is 0.336 e. The van der Waals surface area contributed by atoms with Crippen LogP contribution in [0.1, 0.15) is 6.92 Å². The van der Waals surface area contributed by atoms with Gasteiger partial charge in [0, 0.05) is 12.7 Å². The molecule has 11 heavy (non-hydrogen) atoms. The molecule has 1 aliphatic heterocycles. The molecule has 55 valence electrons. The van der Waals surface area contributed by atoms with E-state index in [0.29, 0.717) is 6.54 Å². The van der Waals surface area contributed by atoms with Gasteiger partial charge in [0.15, 0.2) is 6.19 Å². The maximum Gasteiger partial charge on any atom is 0.204 e. The third-order valence-electron chi connectivity index (χ3n) is 1.49. The van der Waals surface area contributed by atoms with E-state index in [1.54, 1.807) is 4.90 Å². The molecule has 4 heteroatoms. The molecule has 0 saturated heterocycles. The van der Waals surface area contributed by atoms with Crippen LogP contribution in [0.4, 0.5) is 0 Å². The summed E-state index contributed by atoms with van der Waals surface area (Å²) in [6, 6.07) is 2.00. The number of hydrogen-bond donors (Lipinski definition) is 0. The van der Waals surface area contributed by atoms with Crippen molar-refractivity contribution in [2.45, 2.75) is 13.1 Å². The normalized spacial score (nSPS) is 21.5. The minimum Gasteiger partial charge on any atom is -0.336 e. The van der Waals surface area contributed by atoms with Crippen LogP contribution in [0.3, 0.4) is 0 Å². The zero-order chi connectivity index (χ0) is 8.27. The Morgan fingerprint density at radius 1 is 1.64 bits per heavy atom. The Balaban J connectivity index is 2.74. The molecule has 0 aromatic rings. The quantitative estimate of drug-likeness (QED) is 0.498. The van der Waals surface area contributed by atoms with Crippen LogP contribution >= 0.6 is 0 Å². The van der Waals surface area contributed by atoms with Crippen molar-refractivity contribution in [3.8, 4) is 12.3 Å². The number of hydrogen-bond acceptors (Lipinski definition) is 4. The van der Waals surface area contributed by atoms with Gasteiger partial charge in [0.25, 0.3) is 0 Å². The highest BCUT2D eigenvalue weighted by atomic mass is 15.4. The van der Waals surface area contributed by atoms with E-state index in [9.17, 15) is 0 Å². The third-order valence-corrected chi connectivity index (χ3v) is 1.49. The first-order chi connectivity index (χ1) is 5.33. The summed E-state index contributed by atoms with van der Waals surface area (Å²) in [5, 5.41) is 17.1. The first-order valence-corrected chi connectivity index (χ1v) is 3.27. The summed E-state index contributed by atoms with van der Waals surface area (Å²) in [6.45, 7) is 2.60. The van der Waals surface area contributed by atoms with Crippen molar-refractivity contribution in [1.82, 2.24) is 9.80 Å². The molecule has 1 rings (SSSR count). The van der Waals surface area contributed by atoms with Gasteiger partial charge in [-0.15, -0.1) is 0 Å². The Bertz CT molecular complexity index is 244. The standard InChI is InChI=1S/C7H7N4/c1-2-10-3-4-11(6-9)7(10)5-8/h4,7H,2H2,1H3. The molecule has 0 fully saturated rings. The van der Waals surface area contributed by atoms with Crippen molar-refractivity contribution in [2.24, 2.45) is 0 Å². The van der Waals surface area contributed by atoms with E-state index in [4.69, 9.17) is 10.5 Å². The third kappa shape index (κ3) is 1.11. The van der Waals surface area contributed by atoms with Gasteiger partial charge in [-0.25, -0.2) is 4.90 Å². The van der Waals surface area contributed by atoms with Gasteiger partial charge in [-0.05, 0) is 6.92 Å². The summed E-state index contributed by atoms with van der Waals surface area (Å²) >= 11 is 0. The lowest BCUT2D eigenvalue weighted by molar-refractivity contribution is 0.256. The molecular weight excluding hydrogens is 140 g/mol. The monoisotopic (exact) mass is 147 g/mol. The van der Waals surface area contributed by atoms with Crippen LogP contribution in [0.5, 0.6) is 0 Å². The summed E-state index contributed by atoms with van der Waals surface area (Å²) in [6.07, 6.45) is 5.67. The van der Waals surface area contributed by atoms with E-state index in [1.165, 1.54) is 11.1 Å². The van der Waals surface area contributed by atoms with E-state index in [1.807, 2.05) is 19.2 Å². The lowest BCUT2D eigenvalue weighted by Gasteiger charge is -2.19. The van der Waals surface area contributed by atoms with Crippen LogP contribution in [-0.2, 0) is 0 Å². The Hall–Kier alpha value is -1.68. The lowest BCUT2D eigenvalue weighted by Crippen LogP contribution is -2.34. The van der Waals surface area contributed by atoms with Crippen LogP contribution in [-0.4, -0.2) is 22.5 Å². The summed E-state index contributed by atoms with van der Waals surface area (Å²) in [5.41, 5.74) is 0. The van der Waals surface area contributed by atoms with E-state index in [2.05, 4.69) is 6.20 Å². The average molecular weight is 147 g/mol. The van der Waals surface area contributed by atoms with Gasteiger partial charge in [-0.3, -0.25) is 0 Å². The maximum absolute atomic E-state index is 8.62. The second kappa shape index (κ2) is 2.94. The topological polar surface area (TPSA) is 54.1 Å². The predicted octanol–water partition coefficient (Wildman–Crippen LogP) is 0.229. The van der Waals surface area contributed by atoms with Crippen molar-refractivity contribution in [1.29, 1.82) is 10.5 Å². The van der Waals surface area contributed by atoms with E-state index < -0.39 is 6.17 Å². The van der Waals surface area contributed by atoms with E-state index >= 15 is 0 Å². The number of rotatable bonds is 1. The Labute approximate surface area is 65.5 Å². The fourth-order valence-corrected chi connectivity index (χ4v) is 0.907. The fourth-order valence-electron chi connectivity index (χ4n) is 0.907. The number of nitrogens with zero attached hydrogens (tertiary/aromatic N) is 4. The molecule has 1 atom stereocenters. The molecule has 0 aromatic heterocycles. The highest BCUT2D eigenvalue weighted by Crippen LogP contribution is 2.11. The highest BCUT2D eigenvalue weighted by molar-refractivity contribution is 5.07. The molecule has 0 amide bonds. The van der Waals surface area contributed by atoms with Crippen LogP contribution in [0.15, 0.2) is 6.20 Å². The predicted molar refractivity (Wildman–Crippen MR) is 37.0 cm³/mol. The molecule has 1 radical (unpaired) electrons. The van der Waals surface area contributed by atoms with Crippen molar-refractivity contribution >= 4 is 0 Å². The second-order valence-electron chi connectivity index (χ2n) is 2.05. The number of nitriles is 2. The molecular formula is C7H7N4. The van der Waals surface area contributed by atoms with Gasteiger partial charge < -0.3 is 4.90 Å². The zero-order valence-corrected chi connectivity index (χ0v) is 6.15. The first kappa shape index (κ1) is 7.43. The lowest BCUT2D eigenvalue weighted by atomic mass is 10.4. The Kier molecular flexibility index (Phi) is 1.98. The Morgan fingerprint density at radius 3 is 2.82 bits per heavy atom. The van der Waals surface area contributed by atoms with E-state index in [0.717, 1.165) is 0 Å². The van der Waals surface area contributed by atoms with Crippen molar-refractivity contribution in [3.05, 3.63) is 12.4 Å². The van der Waals surface area contributed by atoms with Crippen molar-refractivity contribution < 1.29 is 0 Å². The van der Waals surface area contributed by atoms with Crippen LogP contribution in [0.25, 0.3) is 0 Å². The van der Waals surface area contributed by atoms with Crippen LogP contribution in [0.2, 0.25) is 0 Å². The molecule has 0 bridgehead atoms. The summed E-state index contributed by atoms with van der Waals surface area (Å²) in [5.74, 6) is 0. The molecule has 1 unspecified atom stereocenters. The SMILES string of the molecule is CCN1[C]=CN(C#N)C1C#N. The summed E-state index contributed by atoms with van der Waals surface area (Å²) in [7, 11) is 0. The summed E-state index contributed by atoms with van der Waals surface area (Å²) < 4.78 is 0. The average Bonchev–Trinajstić information content (AvgIpc) is 2.45. The minimum atomic E-state index is -0.495. The summed E-state index contributed by atoms with van der Waals surface area (Å²) in [4.78, 5) is 2.94. The van der Waals surface area contributed by atoms with Crippen LogP contribution < -0.4 is 0 Å². The minimum absolute atomic E-state index is 0.495. The Morgan fingerprint density at radius 2 is 2.36 bits per heavy atom. The molecule has 0 N–H and O–H groups in total. The van der Waals surface area contributed by atoms with Gasteiger partial charge in [0.2, 0.25) is 6.17 Å². The molecule has 0 aromatic carbocycles. The zero-order valence-electron chi connectivity index (χ0n) is 6.15. The van der Waals surface area contributed by atoms with Gasteiger partial charge in [0.1, 0.15) is 6.07 Å². The van der Waals surface area contributed by atoms with Crippen molar-refractivity contribution in [3.63, 3.8) is 0 Å². The second-order valence-corrected chi connectivity index (χ2v) is 2.05. The first-order valence-electron chi connectivity index (χ1n) is 3.27. The van der Waals surface area contributed by atoms with E-state index in [-0.39, 0.29) is 0 Å². The molecule has 0 spiro atoms.